The summed E-state index contributed by atoms with van der Waals surface area (Å²) in [5, 5.41) is 9.07. The van der Waals surface area contributed by atoms with E-state index in [-0.39, 0.29) is 12.5 Å². The van der Waals surface area contributed by atoms with Crippen LogP contribution in [0.2, 0.25) is 0 Å². The van der Waals surface area contributed by atoms with Gasteiger partial charge in [0.25, 0.3) is 5.91 Å². The van der Waals surface area contributed by atoms with Crippen molar-refractivity contribution in [2.45, 2.75) is 6.92 Å². The van der Waals surface area contributed by atoms with E-state index in [1.807, 2.05) is 19.1 Å². The van der Waals surface area contributed by atoms with Crippen molar-refractivity contribution >= 4 is 40.2 Å². The quantitative estimate of drug-likeness (QED) is 0.809. The van der Waals surface area contributed by atoms with E-state index >= 15 is 0 Å². The minimum Gasteiger partial charge on any atom is -0.480 e. The lowest BCUT2D eigenvalue weighted by Crippen LogP contribution is -2.36. The lowest BCUT2D eigenvalue weighted by molar-refractivity contribution is -0.135. The highest BCUT2D eigenvalue weighted by Gasteiger charge is 2.22. The first-order valence-electron chi connectivity index (χ1n) is 6.34. The predicted molar refractivity (Wildman–Crippen MR) is 89.7 cm³/mol. The van der Waals surface area contributed by atoms with Gasteiger partial charge in [0.05, 0.1) is 5.56 Å². The number of nitrogens with zero attached hydrogens (tertiary/aromatic N) is 1. The molecule has 0 saturated carbocycles. The van der Waals surface area contributed by atoms with Crippen molar-refractivity contribution in [2.75, 3.05) is 11.4 Å². The topological polar surface area (TPSA) is 57.6 Å². The normalized spacial score (nSPS) is 10.2. The van der Waals surface area contributed by atoms with E-state index in [1.165, 1.54) is 4.90 Å². The summed E-state index contributed by atoms with van der Waals surface area (Å²) >= 11 is 2.11. The summed E-state index contributed by atoms with van der Waals surface area (Å²) in [6, 6.07) is 14.3. The molecule has 0 fully saturated rings. The van der Waals surface area contributed by atoms with Crippen molar-refractivity contribution in [3.05, 3.63) is 63.2 Å². The van der Waals surface area contributed by atoms with E-state index < -0.39 is 5.97 Å². The molecule has 0 spiro atoms. The lowest BCUT2D eigenvalue weighted by atomic mass is 10.1. The maximum atomic E-state index is 12.7. The number of rotatable bonds is 4. The SMILES string of the molecule is Cc1cccc(C(=O)N(CC(=O)O)c2ccccc2)c1I. The summed E-state index contributed by atoms with van der Waals surface area (Å²) < 4.78 is 0.839. The van der Waals surface area contributed by atoms with Crippen LogP contribution in [0.5, 0.6) is 0 Å². The summed E-state index contributed by atoms with van der Waals surface area (Å²) in [5.41, 5.74) is 2.08. The zero-order chi connectivity index (χ0) is 15.4. The molecule has 1 amide bonds. The zero-order valence-electron chi connectivity index (χ0n) is 11.4. The number of halogens is 1. The van der Waals surface area contributed by atoms with Crippen LogP contribution < -0.4 is 4.90 Å². The molecule has 0 radical (unpaired) electrons. The van der Waals surface area contributed by atoms with Gasteiger partial charge in [-0.05, 0) is 53.3 Å². The van der Waals surface area contributed by atoms with Gasteiger partial charge < -0.3 is 5.11 Å². The molecule has 0 bridgehead atoms. The van der Waals surface area contributed by atoms with Gasteiger partial charge in [-0.15, -0.1) is 0 Å². The van der Waals surface area contributed by atoms with E-state index in [2.05, 4.69) is 22.6 Å². The van der Waals surface area contributed by atoms with Crippen LogP contribution in [0, 0.1) is 10.5 Å². The second-order valence-electron chi connectivity index (χ2n) is 4.56. The molecule has 0 atom stereocenters. The van der Waals surface area contributed by atoms with Gasteiger partial charge in [0.1, 0.15) is 6.54 Å². The van der Waals surface area contributed by atoms with Crippen LogP contribution in [-0.2, 0) is 4.79 Å². The van der Waals surface area contributed by atoms with Crippen molar-refractivity contribution in [3.63, 3.8) is 0 Å². The molecule has 0 aliphatic rings. The van der Waals surface area contributed by atoms with E-state index in [0.717, 1.165) is 9.13 Å². The Labute approximate surface area is 136 Å². The lowest BCUT2D eigenvalue weighted by Gasteiger charge is -2.21. The number of aliphatic carboxylic acids is 1. The Morgan fingerprint density at radius 2 is 1.76 bits per heavy atom. The number of carboxylic acid groups (broad SMARTS) is 1. The number of para-hydroxylation sites is 1. The number of anilines is 1. The van der Waals surface area contributed by atoms with Crippen LogP contribution in [0.25, 0.3) is 0 Å². The average molecular weight is 395 g/mol. The largest absolute Gasteiger partial charge is 0.480 e. The number of hydrogen-bond donors (Lipinski definition) is 1. The van der Waals surface area contributed by atoms with Gasteiger partial charge in [0.2, 0.25) is 0 Å². The van der Waals surface area contributed by atoms with E-state index in [9.17, 15) is 9.59 Å². The fourth-order valence-electron chi connectivity index (χ4n) is 1.98. The maximum Gasteiger partial charge on any atom is 0.323 e. The van der Waals surface area contributed by atoms with Crippen LogP contribution in [0.15, 0.2) is 48.5 Å². The second kappa shape index (κ2) is 6.71. The number of benzene rings is 2. The molecule has 2 rings (SSSR count). The molecule has 4 nitrogen and oxygen atoms in total. The van der Waals surface area contributed by atoms with Gasteiger partial charge in [0, 0.05) is 9.26 Å². The molecule has 0 aromatic heterocycles. The van der Waals surface area contributed by atoms with Gasteiger partial charge in [-0.3, -0.25) is 14.5 Å². The highest BCUT2D eigenvalue weighted by atomic mass is 127. The van der Waals surface area contributed by atoms with Crippen LogP contribution in [0.3, 0.4) is 0 Å². The van der Waals surface area contributed by atoms with Crippen LogP contribution >= 0.6 is 22.6 Å². The number of hydrogen-bond acceptors (Lipinski definition) is 2. The van der Waals surface area contributed by atoms with Crippen LogP contribution in [0.4, 0.5) is 5.69 Å². The number of carbonyl (C=O) groups excluding carboxylic acids is 1. The molecule has 0 unspecified atom stereocenters. The Balaban J connectivity index is 2.44. The molecule has 2 aromatic carbocycles. The van der Waals surface area contributed by atoms with E-state index in [0.29, 0.717) is 11.3 Å². The molecule has 0 aliphatic carbocycles. The monoisotopic (exact) mass is 395 g/mol. The maximum absolute atomic E-state index is 12.7. The summed E-state index contributed by atoms with van der Waals surface area (Å²) in [6.07, 6.45) is 0. The predicted octanol–water partition coefficient (Wildman–Crippen LogP) is 3.33. The first kappa shape index (κ1) is 15.5. The number of carbonyl (C=O) groups is 2. The molecule has 21 heavy (non-hydrogen) atoms. The molecular weight excluding hydrogens is 381 g/mol. The van der Waals surface area contributed by atoms with E-state index in [1.54, 1.807) is 36.4 Å². The molecule has 2 aromatic rings. The van der Waals surface area contributed by atoms with E-state index in [4.69, 9.17) is 5.11 Å². The minimum absolute atomic E-state index is 0.309. The zero-order valence-corrected chi connectivity index (χ0v) is 13.6. The molecular formula is C16H14INO3. The Hall–Kier alpha value is -1.89. The molecule has 108 valence electrons. The Kier molecular flexibility index (Phi) is 4.95. The smallest absolute Gasteiger partial charge is 0.323 e. The summed E-state index contributed by atoms with van der Waals surface area (Å²) in [6.45, 7) is 1.55. The Morgan fingerprint density at radius 1 is 1.10 bits per heavy atom. The number of carboxylic acids is 1. The van der Waals surface area contributed by atoms with Crippen molar-refractivity contribution in [1.29, 1.82) is 0 Å². The van der Waals surface area contributed by atoms with Crippen LogP contribution in [-0.4, -0.2) is 23.5 Å². The molecule has 5 heteroatoms. The van der Waals surface area contributed by atoms with Crippen molar-refractivity contribution in [2.24, 2.45) is 0 Å². The molecule has 1 N–H and O–H groups in total. The fourth-order valence-corrected chi connectivity index (χ4v) is 2.57. The third-order valence-corrected chi connectivity index (χ3v) is 4.46. The van der Waals surface area contributed by atoms with Gasteiger partial charge in [-0.2, -0.15) is 0 Å². The minimum atomic E-state index is -1.05. The Morgan fingerprint density at radius 3 is 2.38 bits per heavy atom. The number of amides is 1. The third kappa shape index (κ3) is 3.60. The van der Waals surface area contributed by atoms with Gasteiger partial charge in [0.15, 0.2) is 0 Å². The van der Waals surface area contributed by atoms with Crippen LogP contribution in [0.1, 0.15) is 15.9 Å². The molecule has 0 aliphatic heterocycles. The van der Waals surface area contributed by atoms with Crippen molar-refractivity contribution < 1.29 is 14.7 Å². The van der Waals surface area contributed by atoms with Gasteiger partial charge in [-0.1, -0.05) is 30.3 Å². The Bertz CT molecular complexity index is 670. The molecule has 0 heterocycles. The summed E-state index contributed by atoms with van der Waals surface area (Å²) in [5.74, 6) is -1.36. The summed E-state index contributed by atoms with van der Waals surface area (Å²) in [7, 11) is 0. The highest BCUT2D eigenvalue weighted by molar-refractivity contribution is 14.1. The molecule has 0 saturated heterocycles. The van der Waals surface area contributed by atoms with Crippen molar-refractivity contribution in [3.8, 4) is 0 Å². The number of aryl methyl sites for hydroxylation is 1. The van der Waals surface area contributed by atoms with Gasteiger partial charge in [-0.25, -0.2) is 0 Å². The first-order chi connectivity index (χ1) is 10.0. The third-order valence-electron chi connectivity index (χ3n) is 3.03. The average Bonchev–Trinajstić information content (AvgIpc) is 2.48. The summed E-state index contributed by atoms with van der Waals surface area (Å²) in [4.78, 5) is 25.1. The standard InChI is InChI=1S/C16H14INO3/c1-11-6-5-9-13(15(11)17)16(21)18(10-14(19)20)12-7-3-2-4-8-12/h2-9H,10H2,1H3,(H,19,20). The fraction of sp³-hybridized carbons (Fsp3) is 0.125. The second-order valence-corrected chi connectivity index (χ2v) is 5.64. The van der Waals surface area contributed by atoms with Crippen molar-refractivity contribution in [1.82, 2.24) is 0 Å². The first-order valence-corrected chi connectivity index (χ1v) is 7.42. The van der Waals surface area contributed by atoms with Gasteiger partial charge >= 0.3 is 5.97 Å². The highest BCUT2D eigenvalue weighted by Crippen LogP contribution is 2.22.